The molecule has 1 aliphatic rings. The van der Waals surface area contributed by atoms with Gasteiger partial charge in [0.05, 0.1) is 17.4 Å². The van der Waals surface area contributed by atoms with Crippen LogP contribution in [0, 0.1) is 0 Å². The molecule has 0 spiro atoms. The van der Waals surface area contributed by atoms with E-state index in [9.17, 15) is 9.59 Å². The molecule has 11 heteroatoms. The molecule has 2 amide bonds. The number of aromatic nitrogens is 6. The zero-order valence-electron chi connectivity index (χ0n) is 15.7. The fraction of sp³-hybridized carbons (Fsp3) is 0.211. The molecule has 1 aliphatic heterocycles. The second-order valence-corrected chi connectivity index (χ2v) is 7.40. The van der Waals surface area contributed by atoms with Crippen molar-refractivity contribution in [2.45, 2.75) is 12.8 Å². The Morgan fingerprint density at radius 1 is 0.967 bits per heavy atom. The number of carbonyl (C=O) groups is 2. The van der Waals surface area contributed by atoms with Crippen molar-refractivity contribution in [1.29, 1.82) is 0 Å². The summed E-state index contributed by atoms with van der Waals surface area (Å²) in [4.78, 5) is 27.9. The Labute approximate surface area is 174 Å². The van der Waals surface area contributed by atoms with E-state index in [1.54, 1.807) is 47.4 Å². The first-order valence-corrected chi connectivity index (χ1v) is 10.1. The van der Waals surface area contributed by atoms with E-state index >= 15 is 0 Å². The highest BCUT2D eigenvalue weighted by molar-refractivity contribution is 7.00. The minimum absolute atomic E-state index is 0.0844. The normalized spacial score (nSPS) is 13.7. The van der Waals surface area contributed by atoms with Crippen molar-refractivity contribution in [2.75, 3.05) is 18.4 Å². The van der Waals surface area contributed by atoms with Crippen LogP contribution in [-0.2, 0) is 0 Å². The smallest absolute Gasteiger partial charge is 0.295 e. The molecule has 150 valence electrons. The van der Waals surface area contributed by atoms with Crippen LogP contribution >= 0.6 is 11.7 Å². The number of hydrogen-bond acceptors (Lipinski definition) is 8. The SMILES string of the molecule is O=C(Nc1ccc(-n2nnc(C(=O)N3CCCC3)n2)cc1)c1ccc2nsnc2c1. The summed E-state index contributed by atoms with van der Waals surface area (Å²) in [6, 6.07) is 12.2. The molecule has 0 saturated carbocycles. The van der Waals surface area contributed by atoms with Gasteiger partial charge in [0.2, 0.25) is 0 Å². The Morgan fingerprint density at radius 3 is 2.53 bits per heavy atom. The molecule has 0 bridgehead atoms. The highest BCUT2D eigenvalue weighted by atomic mass is 32.1. The van der Waals surface area contributed by atoms with Gasteiger partial charge in [0.25, 0.3) is 17.6 Å². The lowest BCUT2D eigenvalue weighted by Gasteiger charge is -2.11. The molecule has 0 radical (unpaired) electrons. The molecule has 4 aromatic rings. The maximum Gasteiger partial charge on any atom is 0.295 e. The number of likely N-dealkylation sites (tertiary alicyclic amines) is 1. The van der Waals surface area contributed by atoms with Gasteiger partial charge >= 0.3 is 0 Å². The summed E-state index contributed by atoms with van der Waals surface area (Å²) in [5.74, 6) is -0.355. The zero-order chi connectivity index (χ0) is 20.5. The lowest BCUT2D eigenvalue weighted by molar-refractivity contribution is 0.0780. The standard InChI is InChI=1S/C19H16N8O2S/c28-18(12-3-8-15-16(11-12)24-30-23-15)20-13-4-6-14(7-5-13)27-22-17(21-25-27)19(29)26-9-1-2-10-26/h3-8,11H,1-2,9-10H2,(H,20,28). The molecule has 0 unspecified atom stereocenters. The van der Waals surface area contributed by atoms with Crippen LogP contribution < -0.4 is 5.32 Å². The number of nitrogens with one attached hydrogen (secondary N) is 1. The number of amides is 2. The molecule has 1 N–H and O–H groups in total. The lowest BCUT2D eigenvalue weighted by atomic mass is 10.2. The number of carbonyl (C=O) groups excluding carboxylic acids is 2. The predicted octanol–water partition coefficient (Wildman–Crippen LogP) is 2.16. The molecule has 2 aromatic carbocycles. The first-order chi connectivity index (χ1) is 14.7. The molecule has 1 saturated heterocycles. The predicted molar refractivity (Wildman–Crippen MR) is 110 cm³/mol. The number of hydrogen-bond donors (Lipinski definition) is 1. The van der Waals surface area contributed by atoms with E-state index in [1.807, 2.05) is 0 Å². The van der Waals surface area contributed by atoms with Gasteiger partial charge in [0.1, 0.15) is 11.0 Å². The average Bonchev–Trinajstić information content (AvgIpc) is 3.55. The van der Waals surface area contributed by atoms with Gasteiger partial charge in [-0.15, -0.1) is 15.0 Å². The Hall–Kier alpha value is -3.73. The van der Waals surface area contributed by atoms with Crippen molar-refractivity contribution in [1.82, 2.24) is 33.9 Å². The fourth-order valence-electron chi connectivity index (χ4n) is 3.28. The minimum Gasteiger partial charge on any atom is -0.336 e. The molecule has 10 nitrogen and oxygen atoms in total. The molecule has 0 atom stereocenters. The van der Waals surface area contributed by atoms with E-state index in [-0.39, 0.29) is 17.6 Å². The van der Waals surface area contributed by atoms with E-state index in [2.05, 4.69) is 29.5 Å². The van der Waals surface area contributed by atoms with Crippen molar-refractivity contribution < 1.29 is 9.59 Å². The van der Waals surface area contributed by atoms with Gasteiger partial charge in [-0.1, -0.05) is 0 Å². The van der Waals surface area contributed by atoms with Crippen molar-refractivity contribution in [3.8, 4) is 5.69 Å². The van der Waals surface area contributed by atoms with Crippen molar-refractivity contribution in [3.05, 3.63) is 53.9 Å². The second kappa shape index (κ2) is 7.59. The van der Waals surface area contributed by atoms with Gasteiger partial charge in [-0.05, 0) is 60.5 Å². The molecular weight excluding hydrogens is 404 g/mol. The van der Waals surface area contributed by atoms with Crippen LogP contribution in [0.15, 0.2) is 42.5 Å². The van der Waals surface area contributed by atoms with Gasteiger partial charge in [0, 0.05) is 24.3 Å². The molecular formula is C19H16N8O2S. The van der Waals surface area contributed by atoms with Gasteiger partial charge in [-0.3, -0.25) is 9.59 Å². The van der Waals surface area contributed by atoms with E-state index in [0.29, 0.717) is 22.5 Å². The summed E-state index contributed by atoms with van der Waals surface area (Å²) < 4.78 is 8.29. The van der Waals surface area contributed by atoms with Crippen LogP contribution in [0.25, 0.3) is 16.7 Å². The van der Waals surface area contributed by atoms with Crippen LogP contribution in [0.1, 0.15) is 33.8 Å². The summed E-state index contributed by atoms with van der Waals surface area (Å²) in [6.07, 6.45) is 2.00. The third kappa shape index (κ3) is 3.50. The molecule has 3 heterocycles. The van der Waals surface area contributed by atoms with E-state index in [0.717, 1.165) is 43.2 Å². The molecule has 30 heavy (non-hydrogen) atoms. The first kappa shape index (κ1) is 18.3. The topological polar surface area (TPSA) is 119 Å². The quantitative estimate of drug-likeness (QED) is 0.537. The van der Waals surface area contributed by atoms with E-state index in [1.165, 1.54) is 4.80 Å². The molecule has 1 fully saturated rings. The Bertz CT molecular complexity index is 1230. The number of benzene rings is 2. The number of fused-ring (bicyclic) bond motifs is 1. The number of anilines is 1. The highest BCUT2D eigenvalue weighted by Crippen LogP contribution is 2.17. The van der Waals surface area contributed by atoms with Crippen LogP contribution in [0.2, 0.25) is 0 Å². The fourth-order valence-corrected chi connectivity index (χ4v) is 3.79. The molecule has 0 aliphatic carbocycles. The maximum atomic E-state index is 12.5. The number of nitrogens with zero attached hydrogens (tertiary/aromatic N) is 7. The zero-order valence-corrected chi connectivity index (χ0v) is 16.5. The van der Waals surface area contributed by atoms with Gasteiger partial charge in [0.15, 0.2) is 0 Å². The maximum absolute atomic E-state index is 12.5. The largest absolute Gasteiger partial charge is 0.336 e. The first-order valence-electron chi connectivity index (χ1n) is 9.41. The van der Waals surface area contributed by atoms with Crippen molar-refractivity contribution >= 4 is 40.3 Å². The third-order valence-electron chi connectivity index (χ3n) is 4.87. The Morgan fingerprint density at radius 2 is 1.73 bits per heavy atom. The Kier molecular flexibility index (Phi) is 4.64. The van der Waals surface area contributed by atoms with Gasteiger partial charge in [-0.25, -0.2) is 0 Å². The second-order valence-electron chi connectivity index (χ2n) is 6.87. The van der Waals surface area contributed by atoms with Gasteiger partial charge < -0.3 is 10.2 Å². The summed E-state index contributed by atoms with van der Waals surface area (Å²) >= 11 is 1.11. The minimum atomic E-state index is -0.241. The average molecular weight is 420 g/mol. The van der Waals surface area contributed by atoms with Crippen molar-refractivity contribution in [2.24, 2.45) is 0 Å². The third-order valence-corrected chi connectivity index (χ3v) is 5.43. The van der Waals surface area contributed by atoms with Crippen molar-refractivity contribution in [3.63, 3.8) is 0 Å². The molecule has 2 aromatic heterocycles. The summed E-state index contributed by atoms with van der Waals surface area (Å²) in [7, 11) is 0. The monoisotopic (exact) mass is 420 g/mol. The number of tetrazole rings is 1. The lowest BCUT2D eigenvalue weighted by Crippen LogP contribution is -2.28. The van der Waals surface area contributed by atoms with E-state index < -0.39 is 0 Å². The Balaban J connectivity index is 1.28. The summed E-state index contributed by atoms with van der Waals surface area (Å²) in [6.45, 7) is 1.46. The van der Waals surface area contributed by atoms with Crippen LogP contribution in [0.5, 0.6) is 0 Å². The van der Waals surface area contributed by atoms with E-state index in [4.69, 9.17) is 0 Å². The highest BCUT2D eigenvalue weighted by Gasteiger charge is 2.23. The molecule has 5 rings (SSSR count). The van der Waals surface area contributed by atoms with Gasteiger partial charge in [-0.2, -0.15) is 8.75 Å². The summed E-state index contributed by atoms with van der Waals surface area (Å²) in [5, 5.41) is 14.9. The van der Waals surface area contributed by atoms with Crippen LogP contribution in [0.3, 0.4) is 0 Å². The van der Waals surface area contributed by atoms with Crippen LogP contribution in [0.4, 0.5) is 5.69 Å². The summed E-state index contributed by atoms with van der Waals surface area (Å²) in [5.41, 5.74) is 3.22. The van der Waals surface area contributed by atoms with Crippen LogP contribution in [-0.4, -0.2) is 58.8 Å². The number of rotatable bonds is 4.